The second-order valence-electron chi connectivity index (χ2n) is 9.60. The fourth-order valence-electron chi connectivity index (χ4n) is 4.28. The van der Waals surface area contributed by atoms with Gasteiger partial charge in [-0.15, -0.1) is 0 Å². The zero-order chi connectivity index (χ0) is 28.0. The Labute approximate surface area is 226 Å². The summed E-state index contributed by atoms with van der Waals surface area (Å²) in [6, 6.07) is 17.3. The fraction of sp³-hybridized carbons (Fsp3) is 0.407. The molecule has 2 aromatic carbocycles. The van der Waals surface area contributed by atoms with Crippen molar-refractivity contribution >= 4 is 7.75 Å². The van der Waals surface area contributed by atoms with E-state index in [1.807, 2.05) is 31.2 Å². The van der Waals surface area contributed by atoms with E-state index in [0.717, 1.165) is 11.1 Å². The minimum atomic E-state index is -3.96. The zero-order valence-electron chi connectivity index (χ0n) is 22.1. The van der Waals surface area contributed by atoms with Crippen LogP contribution in [0.5, 0.6) is 5.75 Å². The molecule has 4 rings (SSSR count). The molecule has 3 N–H and O–H groups in total. The van der Waals surface area contributed by atoms with Crippen molar-refractivity contribution in [3.8, 4) is 5.75 Å². The minimum absolute atomic E-state index is 0.233. The number of aryl methyl sites for hydroxylation is 1. The summed E-state index contributed by atoms with van der Waals surface area (Å²) in [4.78, 5) is 25.9. The predicted molar refractivity (Wildman–Crippen MR) is 144 cm³/mol. The van der Waals surface area contributed by atoms with Crippen molar-refractivity contribution in [2.24, 2.45) is 5.92 Å². The SMILES string of the molecule is Cc1ccccc1COC[C@H](C)NP(=O)(OC[C@H]1O[C@@H](n2ccc(=O)[nH]c2=O)[C@@H](C)[C@@H]1O)Oc1ccccc1. The summed E-state index contributed by atoms with van der Waals surface area (Å²) in [7, 11) is -3.96. The van der Waals surface area contributed by atoms with Gasteiger partial charge in [-0.25, -0.2) is 14.4 Å². The minimum Gasteiger partial charge on any atom is -0.413 e. The van der Waals surface area contributed by atoms with Crippen LogP contribution in [0.1, 0.15) is 31.2 Å². The quantitative estimate of drug-likeness (QED) is 0.285. The molecule has 0 saturated carbocycles. The number of hydrogen-bond acceptors (Lipinski definition) is 8. The van der Waals surface area contributed by atoms with Crippen LogP contribution in [-0.2, 0) is 25.2 Å². The first-order valence-corrected chi connectivity index (χ1v) is 14.2. The molecule has 0 spiro atoms. The van der Waals surface area contributed by atoms with Crippen LogP contribution in [0.25, 0.3) is 0 Å². The Morgan fingerprint density at radius 2 is 1.85 bits per heavy atom. The molecule has 1 aromatic heterocycles. The first-order valence-electron chi connectivity index (χ1n) is 12.7. The lowest BCUT2D eigenvalue weighted by atomic mass is 10.0. The standard InChI is InChI=1S/C27H34N3O8P/c1-18-9-7-8-10-21(18)16-35-15-19(2)29-39(34,38-22-11-5-4-6-12-22)36-17-23-25(32)20(3)26(37-23)30-14-13-24(31)28-27(30)33/h4-14,19-20,23,25-26,32H,15-17H2,1-3H3,(H,29,34)(H,28,31,33)/t19-,20-,23+,25-,26+,39?/m0/s1. The maximum Gasteiger partial charge on any atom is 0.459 e. The molecule has 1 saturated heterocycles. The number of aliphatic hydroxyl groups is 1. The van der Waals surface area contributed by atoms with Gasteiger partial charge in [-0.3, -0.25) is 18.9 Å². The third kappa shape index (κ3) is 7.54. The molecule has 3 aromatic rings. The van der Waals surface area contributed by atoms with Gasteiger partial charge in [0.25, 0.3) is 5.56 Å². The van der Waals surface area contributed by atoms with Crippen molar-refractivity contribution in [2.75, 3.05) is 13.2 Å². The normalized spacial score (nSPS) is 23.3. The monoisotopic (exact) mass is 559 g/mol. The summed E-state index contributed by atoms with van der Waals surface area (Å²) < 4.78 is 38.3. The van der Waals surface area contributed by atoms with Crippen molar-refractivity contribution in [1.82, 2.24) is 14.6 Å². The smallest absolute Gasteiger partial charge is 0.413 e. The molecule has 0 bridgehead atoms. The van der Waals surface area contributed by atoms with E-state index in [-0.39, 0.29) is 13.2 Å². The lowest BCUT2D eigenvalue weighted by Gasteiger charge is -2.25. The maximum atomic E-state index is 13.8. The lowest BCUT2D eigenvalue weighted by molar-refractivity contribution is -0.0446. The van der Waals surface area contributed by atoms with Crippen molar-refractivity contribution < 1.29 is 28.2 Å². The first-order chi connectivity index (χ1) is 18.6. The highest BCUT2D eigenvalue weighted by Gasteiger charge is 2.44. The van der Waals surface area contributed by atoms with Crippen LogP contribution in [-0.4, -0.2) is 46.1 Å². The first kappa shape index (κ1) is 28.9. The summed E-state index contributed by atoms with van der Waals surface area (Å²) in [5.41, 5.74) is 0.977. The average Bonchev–Trinajstić information content (AvgIpc) is 3.18. The highest BCUT2D eigenvalue weighted by atomic mass is 31.2. The molecule has 1 unspecified atom stereocenters. The van der Waals surface area contributed by atoms with E-state index in [1.54, 1.807) is 44.2 Å². The molecule has 12 heteroatoms. The third-order valence-corrected chi connectivity index (χ3v) is 8.15. The van der Waals surface area contributed by atoms with Crippen LogP contribution >= 0.6 is 7.75 Å². The van der Waals surface area contributed by atoms with Gasteiger partial charge in [0.05, 0.1) is 25.9 Å². The van der Waals surface area contributed by atoms with Gasteiger partial charge in [0, 0.05) is 24.2 Å². The van der Waals surface area contributed by atoms with Crippen LogP contribution in [0.2, 0.25) is 0 Å². The molecule has 2 heterocycles. The number of nitrogens with zero attached hydrogens (tertiary/aromatic N) is 1. The van der Waals surface area contributed by atoms with E-state index >= 15 is 0 Å². The van der Waals surface area contributed by atoms with Gasteiger partial charge in [0.1, 0.15) is 18.1 Å². The van der Waals surface area contributed by atoms with Gasteiger partial charge in [0.15, 0.2) is 0 Å². The van der Waals surface area contributed by atoms with Crippen molar-refractivity contribution in [3.05, 3.63) is 98.8 Å². The Bertz CT molecular complexity index is 1400. The van der Waals surface area contributed by atoms with Crippen LogP contribution in [0.3, 0.4) is 0 Å². The van der Waals surface area contributed by atoms with Crippen LogP contribution in [0, 0.1) is 12.8 Å². The predicted octanol–water partition coefficient (Wildman–Crippen LogP) is 3.14. The number of aromatic amines is 1. The third-order valence-electron chi connectivity index (χ3n) is 6.45. The number of rotatable bonds is 12. The summed E-state index contributed by atoms with van der Waals surface area (Å²) >= 11 is 0. The Morgan fingerprint density at radius 3 is 2.56 bits per heavy atom. The number of aromatic nitrogens is 2. The molecule has 0 radical (unpaired) electrons. The highest BCUT2D eigenvalue weighted by Crippen LogP contribution is 2.46. The highest BCUT2D eigenvalue weighted by molar-refractivity contribution is 7.52. The topological polar surface area (TPSA) is 141 Å². The molecule has 6 atom stereocenters. The van der Waals surface area contributed by atoms with Crippen LogP contribution < -0.4 is 20.9 Å². The Hall–Kier alpha value is -3.05. The number of ether oxygens (including phenoxy) is 2. The summed E-state index contributed by atoms with van der Waals surface area (Å²) in [5, 5.41) is 13.7. The largest absolute Gasteiger partial charge is 0.459 e. The van der Waals surface area contributed by atoms with E-state index in [1.165, 1.54) is 16.8 Å². The van der Waals surface area contributed by atoms with E-state index in [4.69, 9.17) is 18.5 Å². The molecule has 0 amide bonds. The van der Waals surface area contributed by atoms with E-state index in [0.29, 0.717) is 12.4 Å². The van der Waals surface area contributed by atoms with Gasteiger partial charge < -0.3 is 19.1 Å². The zero-order valence-corrected chi connectivity index (χ0v) is 23.0. The molecule has 0 aliphatic carbocycles. The Balaban J connectivity index is 1.41. The fourth-order valence-corrected chi connectivity index (χ4v) is 5.82. The molecule has 1 aliphatic heterocycles. The van der Waals surface area contributed by atoms with Gasteiger partial charge in [-0.2, -0.15) is 0 Å². The van der Waals surface area contributed by atoms with Gasteiger partial charge in [-0.1, -0.05) is 49.4 Å². The second-order valence-corrected chi connectivity index (χ2v) is 11.3. The Kier molecular flexibility index (Phi) is 9.55. The van der Waals surface area contributed by atoms with Gasteiger partial charge in [-0.05, 0) is 37.1 Å². The number of nitrogens with one attached hydrogen (secondary N) is 2. The summed E-state index contributed by atoms with van der Waals surface area (Å²) in [6.45, 7) is 5.86. The number of H-pyrrole nitrogens is 1. The van der Waals surface area contributed by atoms with Crippen LogP contribution in [0.4, 0.5) is 0 Å². The molecular weight excluding hydrogens is 525 g/mol. The molecule has 11 nitrogen and oxygen atoms in total. The van der Waals surface area contributed by atoms with E-state index in [2.05, 4.69) is 10.1 Å². The number of para-hydroxylation sites is 1. The summed E-state index contributed by atoms with van der Waals surface area (Å²) in [5.74, 6) is -0.182. The van der Waals surface area contributed by atoms with Gasteiger partial charge in [0.2, 0.25) is 0 Å². The van der Waals surface area contributed by atoms with Crippen molar-refractivity contribution in [3.63, 3.8) is 0 Å². The maximum absolute atomic E-state index is 13.8. The lowest BCUT2D eigenvalue weighted by Crippen LogP contribution is -2.34. The molecule has 1 aliphatic rings. The van der Waals surface area contributed by atoms with Crippen molar-refractivity contribution in [1.29, 1.82) is 0 Å². The molecule has 39 heavy (non-hydrogen) atoms. The van der Waals surface area contributed by atoms with Crippen LogP contribution in [0.15, 0.2) is 76.4 Å². The average molecular weight is 560 g/mol. The van der Waals surface area contributed by atoms with E-state index in [9.17, 15) is 19.3 Å². The number of benzene rings is 2. The number of hydrogen-bond donors (Lipinski definition) is 3. The van der Waals surface area contributed by atoms with E-state index < -0.39 is 49.4 Å². The van der Waals surface area contributed by atoms with Crippen molar-refractivity contribution in [2.45, 2.75) is 51.9 Å². The number of aliphatic hydroxyl groups excluding tert-OH is 1. The molecule has 1 fully saturated rings. The van der Waals surface area contributed by atoms with Gasteiger partial charge >= 0.3 is 13.4 Å². The molecular formula is C27H34N3O8P. The summed E-state index contributed by atoms with van der Waals surface area (Å²) in [6.07, 6.45) is -1.49. The second kappa shape index (κ2) is 12.9. The molecule has 210 valence electrons. The Morgan fingerprint density at radius 1 is 1.13 bits per heavy atom.